The van der Waals surface area contributed by atoms with Gasteiger partial charge in [0.2, 0.25) is 0 Å². The van der Waals surface area contributed by atoms with Gasteiger partial charge in [0.05, 0.1) is 0 Å². The van der Waals surface area contributed by atoms with Crippen LogP contribution >= 0.6 is 6.72 Å². The molecule has 0 rings (SSSR count). The lowest BCUT2D eigenvalue weighted by Crippen LogP contribution is -1.92. The number of rotatable bonds is 1. The Labute approximate surface area is 68.9 Å². The number of hydrogen-bond donors (Lipinski definition) is 4. The highest BCUT2D eigenvalue weighted by molar-refractivity contribution is 8.06. The van der Waals surface area contributed by atoms with Crippen molar-refractivity contribution in [1.29, 1.82) is 0 Å². The molecule has 0 aromatic heterocycles. The summed E-state index contributed by atoms with van der Waals surface area (Å²) in [6.07, 6.45) is 0. The number of aliphatic carboxylic acids is 1. The Kier molecular flexibility index (Phi) is 6.55. The van der Waals surface area contributed by atoms with Gasteiger partial charge < -0.3 is 19.8 Å². The molecule has 11 heavy (non-hydrogen) atoms. The van der Waals surface area contributed by atoms with Crippen LogP contribution in [0.5, 0.6) is 0 Å². The quantitative estimate of drug-likeness (QED) is 0.346. The second-order valence-corrected chi connectivity index (χ2v) is 4.10. The lowest BCUT2D eigenvalue weighted by atomic mass is 10.4. The van der Waals surface area contributed by atoms with E-state index in [9.17, 15) is 4.79 Å². The van der Waals surface area contributed by atoms with Gasteiger partial charge in [0.15, 0.2) is 0 Å². The van der Waals surface area contributed by atoms with Crippen LogP contribution in [-0.4, -0.2) is 25.8 Å². The van der Waals surface area contributed by atoms with E-state index in [1.807, 2.05) is 0 Å². The largest absolute Gasteiger partial charge is 0.478 e. The van der Waals surface area contributed by atoms with Crippen LogP contribution in [-0.2, 0) is 16.6 Å². The van der Waals surface area contributed by atoms with Crippen LogP contribution in [0.1, 0.15) is 6.92 Å². The Morgan fingerprint density at radius 3 is 1.55 bits per heavy atom. The minimum absolute atomic E-state index is 0.176. The summed E-state index contributed by atoms with van der Waals surface area (Å²) in [6, 6.07) is 0. The molecule has 0 amide bonds. The molecule has 0 aliphatic heterocycles. The average Bonchev–Trinajstić information content (AvgIpc) is 1.59. The summed E-state index contributed by atoms with van der Waals surface area (Å²) < 4.78 is 0. The summed E-state index contributed by atoms with van der Waals surface area (Å²) in [7, 11) is 0. The maximum atomic E-state index is 9.60. The van der Waals surface area contributed by atoms with Crippen molar-refractivity contribution in [3.63, 3.8) is 0 Å². The van der Waals surface area contributed by atoms with Gasteiger partial charge in [-0.3, -0.25) is 0 Å². The topological polar surface area (TPSA) is 98.0 Å². The van der Waals surface area contributed by atoms with Crippen molar-refractivity contribution in [3.8, 4) is 0 Å². The lowest BCUT2D eigenvalue weighted by Gasteiger charge is -1.88. The van der Waals surface area contributed by atoms with Crippen LogP contribution in [0.2, 0.25) is 0 Å². The second kappa shape index (κ2) is 5.40. The van der Waals surface area contributed by atoms with Crippen molar-refractivity contribution in [2.24, 2.45) is 0 Å². The lowest BCUT2D eigenvalue weighted by molar-refractivity contribution is -0.132. The first-order valence-electron chi connectivity index (χ1n) is 2.31. The SMILES string of the molecule is C=C(C)C(=O)O.OP(O)(O)=S. The number of hydrogen-bond acceptors (Lipinski definition) is 2. The highest BCUT2D eigenvalue weighted by atomic mass is 32.5. The van der Waals surface area contributed by atoms with Gasteiger partial charge >= 0.3 is 12.7 Å². The molecular weight excluding hydrogens is 191 g/mol. The molecule has 0 aliphatic rings. The molecule has 66 valence electrons. The molecule has 0 aliphatic carbocycles. The Morgan fingerprint density at radius 1 is 1.45 bits per heavy atom. The number of carboxylic acid groups (broad SMARTS) is 1. The summed E-state index contributed by atoms with van der Waals surface area (Å²) >= 11 is 3.60. The molecule has 0 heterocycles. The minimum Gasteiger partial charge on any atom is -0.478 e. The van der Waals surface area contributed by atoms with Gasteiger partial charge in [-0.25, -0.2) is 4.79 Å². The fraction of sp³-hybridized carbons (Fsp3) is 0.250. The maximum absolute atomic E-state index is 9.60. The predicted molar refractivity (Wildman–Crippen MR) is 43.4 cm³/mol. The van der Waals surface area contributed by atoms with Crippen molar-refractivity contribution in [2.75, 3.05) is 0 Å². The molecule has 0 spiro atoms. The Morgan fingerprint density at radius 2 is 1.55 bits per heavy atom. The molecule has 4 N–H and O–H groups in total. The molecular formula is C4H9O5PS. The Balaban J connectivity index is 0. The Hall–Kier alpha value is -0.260. The van der Waals surface area contributed by atoms with Crippen molar-refractivity contribution < 1.29 is 24.6 Å². The Bertz CT molecular complexity index is 174. The van der Waals surface area contributed by atoms with E-state index in [-0.39, 0.29) is 5.57 Å². The van der Waals surface area contributed by atoms with Crippen LogP contribution in [0.3, 0.4) is 0 Å². The molecule has 0 unspecified atom stereocenters. The first-order chi connectivity index (χ1) is 4.64. The third-order valence-electron chi connectivity index (χ3n) is 0.365. The first kappa shape index (κ1) is 13.3. The van der Waals surface area contributed by atoms with Crippen molar-refractivity contribution in [3.05, 3.63) is 12.2 Å². The van der Waals surface area contributed by atoms with Gasteiger partial charge in [0.1, 0.15) is 0 Å². The molecule has 7 heteroatoms. The highest BCUT2D eigenvalue weighted by Crippen LogP contribution is 2.26. The van der Waals surface area contributed by atoms with Crippen molar-refractivity contribution >= 4 is 24.5 Å². The molecule has 0 saturated heterocycles. The van der Waals surface area contributed by atoms with Crippen LogP contribution < -0.4 is 0 Å². The predicted octanol–water partition coefficient (Wildman–Crippen LogP) is -0.165. The van der Waals surface area contributed by atoms with E-state index in [1.165, 1.54) is 6.92 Å². The van der Waals surface area contributed by atoms with Crippen LogP contribution in [0.4, 0.5) is 0 Å². The summed E-state index contributed by atoms with van der Waals surface area (Å²) in [5.74, 6) is -0.935. The van der Waals surface area contributed by atoms with E-state index in [1.54, 1.807) is 0 Å². The zero-order chi connectivity index (χ0) is 9.65. The molecule has 0 atom stereocenters. The van der Waals surface area contributed by atoms with Crippen molar-refractivity contribution in [1.82, 2.24) is 0 Å². The van der Waals surface area contributed by atoms with Crippen molar-refractivity contribution in [2.45, 2.75) is 6.92 Å². The maximum Gasteiger partial charge on any atom is 0.330 e. The molecule has 5 nitrogen and oxygen atoms in total. The fourth-order valence-corrected chi connectivity index (χ4v) is 0. The number of carbonyl (C=O) groups is 1. The minimum atomic E-state index is -3.81. The zero-order valence-electron chi connectivity index (χ0n) is 5.76. The molecule has 0 bridgehead atoms. The summed E-state index contributed by atoms with van der Waals surface area (Å²) in [5, 5.41) is 7.89. The van der Waals surface area contributed by atoms with E-state index in [2.05, 4.69) is 18.4 Å². The van der Waals surface area contributed by atoms with E-state index in [4.69, 9.17) is 19.8 Å². The van der Waals surface area contributed by atoms with E-state index < -0.39 is 12.7 Å². The average molecular weight is 200 g/mol. The normalized spacial score (nSPS) is 9.45. The van der Waals surface area contributed by atoms with E-state index in [0.717, 1.165) is 0 Å². The van der Waals surface area contributed by atoms with Gasteiger partial charge in [-0.2, -0.15) is 0 Å². The standard InChI is InChI=1S/C4H6O2.H3O3PS/c1-3(2)4(5)6;1-4(2,3)5/h1H2,2H3,(H,5,6);(H3,1,2,3,5). The summed E-state index contributed by atoms with van der Waals surface area (Å²) in [4.78, 5) is 32.3. The van der Waals surface area contributed by atoms with Gasteiger partial charge in [0, 0.05) is 5.57 Å². The third kappa shape index (κ3) is 41.7. The number of carboxylic acids is 1. The summed E-state index contributed by atoms with van der Waals surface area (Å²) in [6.45, 7) is 0.796. The fourth-order valence-electron chi connectivity index (χ4n) is 0. The highest BCUT2D eigenvalue weighted by Gasteiger charge is 1.92. The van der Waals surface area contributed by atoms with E-state index >= 15 is 0 Å². The van der Waals surface area contributed by atoms with Gasteiger partial charge in [-0.05, 0) is 18.7 Å². The second-order valence-electron chi connectivity index (χ2n) is 1.60. The smallest absolute Gasteiger partial charge is 0.330 e. The monoisotopic (exact) mass is 200 g/mol. The van der Waals surface area contributed by atoms with Gasteiger partial charge in [-0.15, -0.1) is 0 Å². The van der Waals surface area contributed by atoms with Crippen LogP contribution in [0, 0.1) is 0 Å². The zero-order valence-corrected chi connectivity index (χ0v) is 7.47. The first-order valence-corrected chi connectivity index (χ1v) is 4.97. The van der Waals surface area contributed by atoms with E-state index in [0.29, 0.717) is 0 Å². The van der Waals surface area contributed by atoms with Crippen LogP contribution in [0.15, 0.2) is 12.2 Å². The third-order valence-corrected chi connectivity index (χ3v) is 0.365. The van der Waals surface area contributed by atoms with Gasteiger partial charge in [0.25, 0.3) is 0 Å². The summed E-state index contributed by atoms with van der Waals surface area (Å²) in [5.41, 5.74) is 0.176. The molecule has 0 aromatic carbocycles. The molecule has 0 saturated carbocycles. The molecule has 0 radical (unpaired) electrons. The molecule has 0 aromatic rings. The molecule has 0 fully saturated rings. The van der Waals surface area contributed by atoms with Crippen LogP contribution in [0.25, 0.3) is 0 Å². The van der Waals surface area contributed by atoms with Gasteiger partial charge in [-0.1, -0.05) is 6.58 Å².